The lowest BCUT2D eigenvalue weighted by Gasteiger charge is -2.08. The number of nitrogens with zero attached hydrogens (tertiary/aromatic N) is 1. The summed E-state index contributed by atoms with van der Waals surface area (Å²) >= 11 is -0.105. The number of anilines is 1. The molecular weight excluding hydrogens is 287 g/mol. The number of H-pyrrole nitrogens is 1. The standard InChI is InChI=1S/C13H14F3N3S/c1-8-12(9(2)19-18-8)17-7-10-3-5-11(6-4-10)20-13(14,15)16/h3-6,17H,7H2,1-2H3,(H,18,19). The second-order valence-corrected chi connectivity index (χ2v) is 5.49. The van der Waals surface area contributed by atoms with Gasteiger partial charge in [-0.2, -0.15) is 18.3 Å². The van der Waals surface area contributed by atoms with Crippen LogP contribution in [0, 0.1) is 13.8 Å². The van der Waals surface area contributed by atoms with Crippen molar-refractivity contribution in [1.29, 1.82) is 0 Å². The van der Waals surface area contributed by atoms with Gasteiger partial charge in [0, 0.05) is 11.4 Å². The fourth-order valence-electron chi connectivity index (χ4n) is 1.81. The molecule has 1 aromatic heterocycles. The van der Waals surface area contributed by atoms with Crippen molar-refractivity contribution in [2.75, 3.05) is 5.32 Å². The molecule has 3 nitrogen and oxygen atoms in total. The summed E-state index contributed by atoms with van der Waals surface area (Å²) in [5.74, 6) is 0. The number of rotatable bonds is 4. The van der Waals surface area contributed by atoms with E-state index in [9.17, 15) is 13.2 Å². The number of nitrogens with one attached hydrogen (secondary N) is 2. The predicted molar refractivity (Wildman–Crippen MR) is 73.7 cm³/mol. The highest BCUT2D eigenvalue weighted by Crippen LogP contribution is 2.36. The van der Waals surface area contributed by atoms with Crippen LogP contribution in [0.4, 0.5) is 18.9 Å². The number of aryl methyl sites for hydroxylation is 2. The highest BCUT2D eigenvalue weighted by atomic mass is 32.2. The summed E-state index contributed by atoms with van der Waals surface area (Å²) in [6.45, 7) is 4.33. The first-order chi connectivity index (χ1) is 9.35. The number of thioether (sulfide) groups is 1. The molecule has 0 radical (unpaired) electrons. The van der Waals surface area contributed by atoms with E-state index in [2.05, 4.69) is 15.5 Å². The summed E-state index contributed by atoms with van der Waals surface area (Å²) in [6.07, 6.45) is 0. The van der Waals surface area contributed by atoms with Gasteiger partial charge in [-0.25, -0.2) is 0 Å². The molecule has 0 spiro atoms. The van der Waals surface area contributed by atoms with E-state index >= 15 is 0 Å². The molecule has 1 heterocycles. The van der Waals surface area contributed by atoms with E-state index in [1.807, 2.05) is 13.8 Å². The van der Waals surface area contributed by atoms with Crippen molar-refractivity contribution in [2.45, 2.75) is 30.8 Å². The third-order valence-corrected chi connectivity index (χ3v) is 3.49. The minimum atomic E-state index is -4.25. The highest BCUT2D eigenvalue weighted by molar-refractivity contribution is 8.00. The minimum Gasteiger partial charge on any atom is -0.378 e. The maximum Gasteiger partial charge on any atom is 0.446 e. The van der Waals surface area contributed by atoms with Gasteiger partial charge in [-0.3, -0.25) is 5.10 Å². The van der Waals surface area contributed by atoms with E-state index < -0.39 is 5.51 Å². The molecule has 0 aliphatic heterocycles. The summed E-state index contributed by atoms with van der Waals surface area (Å²) in [5.41, 5.74) is -0.598. The van der Waals surface area contributed by atoms with Gasteiger partial charge < -0.3 is 5.32 Å². The fourth-order valence-corrected chi connectivity index (χ4v) is 2.35. The van der Waals surface area contributed by atoms with Gasteiger partial charge in [-0.1, -0.05) is 12.1 Å². The summed E-state index contributed by atoms with van der Waals surface area (Å²) in [7, 11) is 0. The zero-order valence-corrected chi connectivity index (χ0v) is 11.8. The molecule has 1 aromatic carbocycles. The Hall–Kier alpha value is -1.63. The van der Waals surface area contributed by atoms with Crippen LogP contribution >= 0.6 is 11.8 Å². The molecule has 0 fully saturated rings. The molecule has 0 bridgehead atoms. The van der Waals surface area contributed by atoms with E-state index in [1.165, 1.54) is 12.1 Å². The Morgan fingerprint density at radius 3 is 2.35 bits per heavy atom. The van der Waals surface area contributed by atoms with Crippen molar-refractivity contribution >= 4 is 17.4 Å². The number of benzene rings is 1. The predicted octanol–water partition coefficient (Wildman–Crippen LogP) is 4.25. The van der Waals surface area contributed by atoms with E-state index in [0.717, 1.165) is 22.6 Å². The van der Waals surface area contributed by atoms with Crippen LogP contribution in [0.1, 0.15) is 17.0 Å². The second-order valence-electron chi connectivity index (χ2n) is 4.35. The van der Waals surface area contributed by atoms with Gasteiger partial charge in [0.15, 0.2) is 0 Å². The van der Waals surface area contributed by atoms with Crippen LogP contribution in [0.3, 0.4) is 0 Å². The average molecular weight is 301 g/mol. The van der Waals surface area contributed by atoms with Crippen LogP contribution in [0.25, 0.3) is 0 Å². The second kappa shape index (κ2) is 5.78. The monoisotopic (exact) mass is 301 g/mol. The Morgan fingerprint density at radius 1 is 1.20 bits per heavy atom. The van der Waals surface area contributed by atoms with Gasteiger partial charge in [0.1, 0.15) is 0 Å². The largest absolute Gasteiger partial charge is 0.446 e. The Balaban J connectivity index is 1.98. The Kier molecular flexibility index (Phi) is 4.27. The summed E-state index contributed by atoms with van der Waals surface area (Å²) in [6, 6.07) is 6.33. The number of alkyl halides is 3. The van der Waals surface area contributed by atoms with Gasteiger partial charge in [0.25, 0.3) is 0 Å². The lowest BCUT2D eigenvalue weighted by Crippen LogP contribution is -2.02. The van der Waals surface area contributed by atoms with Gasteiger partial charge >= 0.3 is 5.51 Å². The van der Waals surface area contributed by atoms with Crippen LogP contribution in [0.15, 0.2) is 29.2 Å². The molecule has 0 aliphatic carbocycles. The molecule has 0 saturated heterocycles. The van der Waals surface area contributed by atoms with Crippen LogP contribution < -0.4 is 5.32 Å². The Morgan fingerprint density at radius 2 is 1.85 bits per heavy atom. The number of hydrogen-bond donors (Lipinski definition) is 2. The molecule has 0 unspecified atom stereocenters. The quantitative estimate of drug-likeness (QED) is 0.829. The lowest BCUT2D eigenvalue weighted by molar-refractivity contribution is -0.0328. The Bertz CT molecular complexity index is 556. The number of halogens is 3. The molecule has 7 heteroatoms. The summed E-state index contributed by atoms with van der Waals surface area (Å²) in [4.78, 5) is 0.192. The summed E-state index contributed by atoms with van der Waals surface area (Å²) in [5, 5.41) is 10.2. The van der Waals surface area contributed by atoms with Gasteiger partial charge in [-0.05, 0) is 43.3 Å². The van der Waals surface area contributed by atoms with E-state index in [0.29, 0.717) is 6.54 Å². The number of hydrogen-bond acceptors (Lipinski definition) is 3. The molecule has 2 rings (SSSR count). The first-order valence-corrected chi connectivity index (χ1v) is 6.77. The van der Waals surface area contributed by atoms with Crippen LogP contribution in [0.5, 0.6) is 0 Å². The molecule has 0 atom stereocenters. The molecule has 2 N–H and O–H groups in total. The van der Waals surface area contributed by atoms with E-state index in [1.54, 1.807) is 12.1 Å². The van der Waals surface area contributed by atoms with Crippen LogP contribution in [-0.4, -0.2) is 15.7 Å². The van der Waals surface area contributed by atoms with Gasteiger partial charge in [-0.15, -0.1) is 0 Å². The van der Waals surface area contributed by atoms with Crippen molar-refractivity contribution in [1.82, 2.24) is 10.2 Å². The van der Waals surface area contributed by atoms with Crippen molar-refractivity contribution in [3.63, 3.8) is 0 Å². The molecule has 0 amide bonds. The van der Waals surface area contributed by atoms with E-state index in [4.69, 9.17) is 0 Å². The first-order valence-electron chi connectivity index (χ1n) is 5.95. The van der Waals surface area contributed by atoms with Gasteiger partial charge in [0.2, 0.25) is 0 Å². The maximum absolute atomic E-state index is 12.2. The topological polar surface area (TPSA) is 40.7 Å². The molecule has 108 valence electrons. The number of aromatic amines is 1. The van der Waals surface area contributed by atoms with Crippen molar-refractivity contribution in [3.05, 3.63) is 41.2 Å². The van der Waals surface area contributed by atoms with Crippen LogP contribution in [-0.2, 0) is 6.54 Å². The highest BCUT2D eigenvalue weighted by Gasteiger charge is 2.28. The minimum absolute atomic E-state index is 0.105. The zero-order chi connectivity index (χ0) is 14.8. The maximum atomic E-state index is 12.2. The first kappa shape index (κ1) is 14.8. The molecule has 0 aliphatic rings. The lowest BCUT2D eigenvalue weighted by atomic mass is 10.2. The fraction of sp³-hybridized carbons (Fsp3) is 0.308. The average Bonchev–Trinajstić information content (AvgIpc) is 2.67. The molecule has 20 heavy (non-hydrogen) atoms. The van der Waals surface area contributed by atoms with Crippen LogP contribution in [0.2, 0.25) is 0 Å². The van der Waals surface area contributed by atoms with E-state index in [-0.39, 0.29) is 16.7 Å². The molecular formula is C13H14F3N3S. The van der Waals surface area contributed by atoms with Crippen molar-refractivity contribution < 1.29 is 13.2 Å². The normalized spacial score (nSPS) is 11.7. The smallest absolute Gasteiger partial charge is 0.378 e. The molecule has 0 saturated carbocycles. The van der Waals surface area contributed by atoms with Crippen molar-refractivity contribution in [2.24, 2.45) is 0 Å². The SMILES string of the molecule is Cc1n[nH]c(C)c1NCc1ccc(SC(F)(F)F)cc1. The summed E-state index contributed by atoms with van der Waals surface area (Å²) < 4.78 is 36.6. The Labute approximate surface area is 119 Å². The zero-order valence-electron chi connectivity index (χ0n) is 11.0. The number of aromatic nitrogens is 2. The molecule has 2 aromatic rings. The van der Waals surface area contributed by atoms with Gasteiger partial charge in [0.05, 0.1) is 17.1 Å². The third kappa shape index (κ3) is 3.93. The third-order valence-electron chi connectivity index (χ3n) is 2.75. The van der Waals surface area contributed by atoms with Crippen molar-refractivity contribution in [3.8, 4) is 0 Å².